The quantitative estimate of drug-likeness (QED) is 0.626. The van der Waals surface area contributed by atoms with Gasteiger partial charge in [0.05, 0.1) is 6.21 Å². The Hall–Kier alpha value is -3.10. The van der Waals surface area contributed by atoms with E-state index in [1.807, 2.05) is 24.3 Å². The lowest BCUT2D eigenvalue weighted by atomic mass is 10.2. The van der Waals surface area contributed by atoms with E-state index in [-0.39, 0.29) is 5.69 Å². The number of carbonyl (C=O) groups is 1. The molecule has 30 heavy (non-hydrogen) atoms. The van der Waals surface area contributed by atoms with Gasteiger partial charge in [0.2, 0.25) is 5.69 Å². The molecule has 1 fully saturated rings. The average Bonchev–Trinajstić information content (AvgIpc) is 3.13. The molecule has 0 bridgehead atoms. The molecule has 0 aliphatic carbocycles. The van der Waals surface area contributed by atoms with Crippen LogP contribution in [0.1, 0.15) is 16.1 Å². The highest BCUT2D eigenvalue weighted by atomic mass is 35.5. The first kappa shape index (κ1) is 20.2. The summed E-state index contributed by atoms with van der Waals surface area (Å²) < 4.78 is 0. The van der Waals surface area contributed by atoms with Crippen molar-refractivity contribution in [3.8, 4) is 0 Å². The lowest BCUT2D eigenvalue weighted by Gasteiger charge is -2.35. The third-order valence-corrected chi connectivity index (χ3v) is 5.39. The van der Waals surface area contributed by atoms with E-state index in [4.69, 9.17) is 23.2 Å². The Morgan fingerprint density at radius 2 is 1.83 bits per heavy atom. The molecular weight excluding hydrogens is 427 g/mol. The second kappa shape index (κ2) is 8.73. The molecule has 0 unspecified atom stereocenters. The maximum absolute atomic E-state index is 12.8. The zero-order valence-corrected chi connectivity index (χ0v) is 17.3. The Bertz CT molecular complexity index is 1150. The van der Waals surface area contributed by atoms with Crippen LogP contribution in [0.2, 0.25) is 10.0 Å². The highest BCUT2D eigenvalue weighted by molar-refractivity contribution is 6.33. The summed E-state index contributed by atoms with van der Waals surface area (Å²) >= 11 is 12.1. The third-order valence-electron chi connectivity index (χ3n) is 4.81. The predicted octanol–water partition coefficient (Wildman–Crippen LogP) is 2.72. The summed E-state index contributed by atoms with van der Waals surface area (Å²) in [6.45, 7) is 2.21. The molecule has 0 spiro atoms. The smallest absolute Gasteiger partial charge is 0.320 e. The van der Waals surface area contributed by atoms with Crippen molar-refractivity contribution in [3.05, 3.63) is 80.2 Å². The maximum Gasteiger partial charge on any atom is 0.320 e. The third kappa shape index (κ3) is 4.24. The number of nitrogens with zero attached hydrogens (tertiary/aromatic N) is 5. The molecule has 2 aromatic carbocycles. The largest absolute Gasteiger partial charge is 0.368 e. The number of aromatic amines is 1. The number of hydrogen-bond acceptors (Lipinski definition) is 5. The van der Waals surface area contributed by atoms with Crippen molar-refractivity contribution < 1.29 is 4.79 Å². The van der Waals surface area contributed by atoms with Crippen LogP contribution in [0.25, 0.3) is 0 Å². The molecule has 1 aliphatic rings. The highest BCUT2D eigenvalue weighted by Gasteiger charge is 2.26. The second-order valence-corrected chi connectivity index (χ2v) is 7.55. The van der Waals surface area contributed by atoms with Crippen molar-refractivity contribution in [3.63, 3.8) is 0 Å². The lowest BCUT2D eigenvalue weighted by Crippen LogP contribution is -2.49. The van der Waals surface area contributed by atoms with Crippen LogP contribution in [0.5, 0.6) is 0 Å². The number of carbonyl (C=O) groups excluding carboxylic acids is 1. The monoisotopic (exact) mass is 444 g/mol. The Labute approximate surface area is 182 Å². The van der Waals surface area contributed by atoms with Gasteiger partial charge in [0.25, 0.3) is 5.91 Å². The van der Waals surface area contributed by atoms with Gasteiger partial charge in [0.1, 0.15) is 0 Å². The molecule has 1 amide bonds. The summed E-state index contributed by atoms with van der Waals surface area (Å²) in [6.07, 6.45) is 1.43. The van der Waals surface area contributed by atoms with Gasteiger partial charge in [-0.15, -0.1) is 9.89 Å². The van der Waals surface area contributed by atoms with Gasteiger partial charge in [-0.3, -0.25) is 9.59 Å². The zero-order valence-electron chi connectivity index (χ0n) is 15.8. The van der Waals surface area contributed by atoms with Crippen LogP contribution in [0.4, 0.5) is 5.69 Å². The Balaban J connectivity index is 1.43. The van der Waals surface area contributed by atoms with Gasteiger partial charge in [-0.05, 0) is 24.3 Å². The molecule has 10 heteroatoms. The van der Waals surface area contributed by atoms with Crippen LogP contribution >= 0.6 is 23.2 Å². The molecule has 8 nitrogen and oxygen atoms in total. The van der Waals surface area contributed by atoms with Crippen molar-refractivity contribution >= 4 is 41.0 Å². The van der Waals surface area contributed by atoms with E-state index in [2.05, 4.69) is 20.3 Å². The van der Waals surface area contributed by atoms with E-state index in [0.29, 0.717) is 41.8 Å². The first-order valence-electron chi connectivity index (χ1n) is 9.29. The number of aromatic nitrogens is 3. The summed E-state index contributed by atoms with van der Waals surface area (Å²) in [7, 11) is 0. The topological polar surface area (TPSA) is 86.6 Å². The molecule has 1 N–H and O–H groups in total. The number of benzene rings is 2. The van der Waals surface area contributed by atoms with E-state index in [1.54, 1.807) is 29.2 Å². The Morgan fingerprint density at radius 1 is 1.07 bits per heavy atom. The summed E-state index contributed by atoms with van der Waals surface area (Å²) in [6, 6.07) is 14.7. The molecule has 0 atom stereocenters. The van der Waals surface area contributed by atoms with Crippen LogP contribution < -0.4 is 10.5 Å². The van der Waals surface area contributed by atoms with Gasteiger partial charge in [0.15, 0.2) is 0 Å². The minimum atomic E-state index is -0.611. The van der Waals surface area contributed by atoms with Gasteiger partial charge < -0.3 is 9.80 Å². The predicted molar refractivity (Wildman–Crippen MR) is 117 cm³/mol. The van der Waals surface area contributed by atoms with Crippen molar-refractivity contribution in [2.45, 2.75) is 0 Å². The SMILES string of the molecule is O=C(c1n[nH]n(N=Cc2ccccc2Cl)c1=O)N1CCN(c2cccc(Cl)c2)CC1. The van der Waals surface area contributed by atoms with E-state index >= 15 is 0 Å². The molecule has 1 aromatic heterocycles. The van der Waals surface area contributed by atoms with Crippen LogP contribution in [0.3, 0.4) is 0 Å². The maximum atomic E-state index is 12.8. The Kier molecular flexibility index (Phi) is 5.87. The fourth-order valence-corrected chi connectivity index (χ4v) is 3.57. The molecular formula is C20H18Cl2N6O2. The number of rotatable bonds is 4. The van der Waals surface area contributed by atoms with Crippen LogP contribution in [-0.4, -0.2) is 58.3 Å². The van der Waals surface area contributed by atoms with Crippen molar-refractivity contribution in [1.29, 1.82) is 0 Å². The summed E-state index contributed by atoms with van der Waals surface area (Å²) in [5.41, 5.74) is 0.847. The molecule has 1 saturated heterocycles. The van der Waals surface area contributed by atoms with Crippen LogP contribution in [0.15, 0.2) is 58.4 Å². The number of piperazine rings is 1. The minimum absolute atomic E-state index is 0.192. The van der Waals surface area contributed by atoms with Gasteiger partial charge in [0, 0.05) is 47.5 Å². The molecule has 3 aromatic rings. The van der Waals surface area contributed by atoms with Crippen LogP contribution in [-0.2, 0) is 0 Å². The van der Waals surface area contributed by atoms with Crippen molar-refractivity contribution in [1.82, 2.24) is 20.0 Å². The summed E-state index contributed by atoms with van der Waals surface area (Å²) in [5.74, 6) is -0.423. The van der Waals surface area contributed by atoms with E-state index in [0.717, 1.165) is 10.5 Å². The van der Waals surface area contributed by atoms with E-state index in [1.165, 1.54) is 6.21 Å². The molecule has 0 saturated carbocycles. The molecule has 2 heterocycles. The molecule has 154 valence electrons. The summed E-state index contributed by atoms with van der Waals surface area (Å²) in [4.78, 5) is 30.0. The fourth-order valence-electron chi connectivity index (χ4n) is 3.20. The number of halogens is 2. The lowest BCUT2D eigenvalue weighted by molar-refractivity contribution is 0.0739. The number of amides is 1. The highest BCUT2D eigenvalue weighted by Crippen LogP contribution is 2.21. The van der Waals surface area contributed by atoms with Crippen molar-refractivity contribution in [2.75, 3.05) is 31.1 Å². The number of H-pyrrole nitrogens is 1. The van der Waals surface area contributed by atoms with Gasteiger partial charge in [-0.2, -0.15) is 10.3 Å². The second-order valence-electron chi connectivity index (χ2n) is 6.70. The minimum Gasteiger partial charge on any atom is -0.368 e. The molecule has 0 radical (unpaired) electrons. The normalized spacial score (nSPS) is 14.5. The molecule has 1 aliphatic heterocycles. The zero-order chi connectivity index (χ0) is 21.1. The van der Waals surface area contributed by atoms with Gasteiger partial charge >= 0.3 is 5.56 Å². The number of hydrogen-bond donors (Lipinski definition) is 1. The van der Waals surface area contributed by atoms with Crippen molar-refractivity contribution in [2.24, 2.45) is 5.10 Å². The Morgan fingerprint density at radius 3 is 2.57 bits per heavy atom. The van der Waals surface area contributed by atoms with E-state index in [9.17, 15) is 9.59 Å². The summed E-state index contributed by atoms with van der Waals surface area (Å²) in [5, 5.41) is 11.5. The van der Waals surface area contributed by atoms with Crippen LogP contribution in [0, 0.1) is 0 Å². The fraction of sp³-hybridized carbons (Fsp3) is 0.200. The first-order valence-corrected chi connectivity index (χ1v) is 10.0. The van der Waals surface area contributed by atoms with Gasteiger partial charge in [-0.25, -0.2) is 0 Å². The van der Waals surface area contributed by atoms with Gasteiger partial charge in [-0.1, -0.05) is 47.5 Å². The average molecular weight is 445 g/mol. The number of nitrogens with one attached hydrogen (secondary N) is 1. The standard InChI is InChI=1S/C20H18Cl2N6O2/c21-15-5-3-6-16(12-15)26-8-10-27(11-9-26)19(29)18-20(30)28(25-24-18)23-13-14-4-1-2-7-17(14)22/h1-7,12-13,25H,8-11H2. The van der Waals surface area contributed by atoms with E-state index < -0.39 is 11.5 Å². The number of anilines is 1. The first-order chi connectivity index (χ1) is 14.5. The molecule has 4 rings (SSSR count).